The summed E-state index contributed by atoms with van der Waals surface area (Å²) in [7, 11) is 0. The largest absolute Gasteiger partial charge is 0.323 e. The van der Waals surface area contributed by atoms with Gasteiger partial charge < -0.3 is 5.73 Å². The zero-order valence-corrected chi connectivity index (χ0v) is 10.6. The maximum absolute atomic E-state index is 6.09. The summed E-state index contributed by atoms with van der Waals surface area (Å²) in [4.78, 5) is 10.4. The zero-order valence-electron chi connectivity index (χ0n) is 9.81. The van der Waals surface area contributed by atoms with Crippen LogP contribution in [0.25, 0.3) is 10.7 Å². The maximum atomic E-state index is 6.09. The highest BCUT2D eigenvalue weighted by molar-refractivity contribution is 7.15. The number of rotatable bonds is 1. The van der Waals surface area contributed by atoms with Crippen molar-refractivity contribution in [3.63, 3.8) is 0 Å². The Labute approximate surface area is 105 Å². The van der Waals surface area contributed by atoms with Crippen molar-refractivity contribution in [2.24, 2.45) is 5.73 Å². The van der Waals surface area contributed by atoms with Crippen molar-refractivity contribution in [2.75, 3.05) is 0 Å². The van der Waals surface area contributed by atoms with Crippen LogP contribution < -0.4 is 5.73 Å². The minimum absolute atomic E-state index is 0.120. The minimum Gasteiger partial charge on any atom is -0.323 e. The Hall–Kier alpha value is -1.26. The molecule has 0 aromatic carbocycles. The molecular formula is C13H15N3S. The third-order valence-electron chi connectivity index (χ3n) is 3.13. The second-order valence-electron chi connectivity index (χ2n) is 4.55. The summed E-state index contributed by atoms with van der Waals surface area (Å²) in [5.74, 6) is 0. The lowest BCUT2D eigenvalue weighted by Gasteiger charge is -2.15. The highest BCUT2D eigenvalue weighted by Gasteiger charge is 2.22. The van der Waals surface area contributed by atoms with Crippen molar-refractivity contribution >= 4 is 11.3 Å². The van der Waals surface area contributed by atoms with Crippen LogP contribution in [-0.2, 0) is 6.42 Å². The SMILES string of the molecule is Cc1ccc(-c2nc3c(s2)CCCC3N)nc1. The highest BCUT2D eigenvalue weighted by atomic mass is 32.1. The molecule has 0 radical (unpaired) electrons. The molecular weight excluding hydrogens is 230 g/mol. The van der Waals surface area contributed by atoms with Gasteiger partial charge in [0.25, 0.3) is 0 Å². The first-order valence-corrected chi connectivity index (χ1v) is 6.74. The number of nitrogens with two attached hydrogens (primary N) is 1. The third-order valence-corrected chi connectivity index (χ3v) is 4.28. The number of thiazole rings is 1. The van der Waals surface area contributed by atoms with E-state index in [0.29, 0.717) is 0 Å². The molecule has 4 heteroatoms. The fraction of sp³-hybridized carbons (Fsp3) is 0.385. The van der Waals surface area contributed by atoms with Crippen molar-refractivity contribution in [1.29, 1.82) is 0 Å². The molecule has 2 aromatic heterocycles. The Morgan fingerprint density at radius 1 is 1.41 bits per heavy atom. The third kappa shape index (κ3) is 1.98. The van der Waals surface area contributed by atoms with Crippen molar-refractivity contribution in [1.82, 2.24) is 9.97 Å². The quantitative estimate of drug-likeness (QED) is 0.840. The second-order valence-corrected chi connectivity index (χ2v) is 5.63. The van der Waals surface area contributed by atoms with Gasteiger partial charge in [-0.3, -0.25) is 4.98 Å². The molecule has 2 N–H and O–H groups in total. The van der Waals surface area contributed by atoms with Gasteiger partial charge in [-0.25, -0.2) is 4.98 Å². The van der Waals surface area contributed by atoms with Gasteiger partial charge in [0, 0.05) is 17.1 Å². The summed E-state index contributed by atoms with van der Waals surface area (Å²) in [6.45, 7) is 2.04. The Kier molecular flexibility index (Phi) is 2.68. The average molecular weight is 245 g/mol. The standard InChI is InChI=1S/C13H15N3S/c1-8-5-6-10(15-7-8)13-16-12-9(14)3-2-4-11(12)17-13/h5-7,9H,2-4,14H2,1H3. The molecule has 17 heavy (non-hydrogen) atoms. The van der Waals surface area contributed by atoms with Crippen LogP contribution in [0.4, 0.5) is 0 Å². The molecule has 1 atom stereocenters. The van der Waals surface area contributed by atoms with Crippen molar-refractivity contribution in [3.8, 4) is 10.7 Å². The molecule has 0 fully saturated rings. The molecule has 1 aliphatic carbocycles. The van der Waals surface area contributed by atoms with E-state index in [4.69, 9.17) is 5.73 Å². The van der Waals surface area contributed by atoms with E-state index in [0.717, 1.165) is 29.2 Å². The van der Waals surface area contributed by atoms with E-state index in [1.807, 2.05) is 19.2 Å². The van der Waals surface area contributed by atoms with Crippen molar-refractivity contribution < 1.29 is 0 Å². The lowest BCUT2D eigenvalue weighted by molar-refractivity contribution is 0.564. The molecule has 0 spiro atoms. The van der Waals surface area contributed by atoms with Gasteiger partial charge in [-0.2, -0.15) is 0 Å². The number of hydrogen-bond acceptors (Lipinski definition) is 4. The summed E-state index contributed by atoms with van der Waals surface area (Å²) in [6, 6.07) is 4.22. The molecule has 0 saturated carbocycles. The fourth-order valence-electron chi connectivity index (χ4n) is 2.16. The lowest BCUT2D eigenvalue weighted by atomic mass is 9.99. The predicted octanol–water partition coefficient (Wildman–Crippen LogP) is 2.85. The average Bonchev–Trinajstić information content (AvgIpc) is 2.75. The number of pyridine rings is 1. The van der Waals surface area contributed by atoms with Crippen LogP contribution in [0.3, 0.4) is 0 Å². The number of aromatic nitrogens is 2. The Morgan fingerprint density at radius 2 is 2.29 bits per heavy atom. The number of hydrogen-bond donors (Lipinski definition) is 1. The fourth-order valence-corrected chi connectivity index (χ4v) is 3.31. The molecule has 3 rings (SSSR count). The van der Waals surface area contributed by atoms with Gasteiger partial charge in [0.05, 0.1) is 11.4 Å². The van der Waals surface area contributed by atoms with Crippen LogP contribution >= 0.6 is 11.3 Å². The van der Waals surface area contributed by atoms with E-state index < -0.39 is 0 Å². The molecule has 0 bridgehead atoms. The van der Waals surface area contributed by atoms with Gasteiger partial charge >= 0.3 is 0 Å². The Bertz CT molecular complexity index is 530. The van der Waals surface area contributed by atoms with E-state index in [-0.39, 0.29) is 6.04 Å². The van der Waals surface area contributed by atoms with Crippen LogP contribution in [0.2, 0.25) is 0 Å². The monoisotopic (exact) mass is 245 g/mol. The summed E-state index contributed by atoms with van der Waals surface area (Å²) in [5, 5.41) is 1.01. The molecule has 0 aliphatic heterocycles. The van der Waals surface area contributed by atoms with Crippen LogP contribution in [0.5, 0.6) is 0 Å². The molecule has 1 unspecified atom stereocenters. The molecule has 3 nitrogen and oxygen atoms in total. The number of nitrogens with zero attached hydrogens (tertiary/aromatic N) is 2. The van der Waals surface area contributed by atoms with E-state index in [1.54, 1.807) is 11.3 Å². The summed E-state index contributed by atoms with van der Waals surface area (Å²) in [6.07, 6.45) is 5.23. The van der Waals surface area contributed by atoms with Gasteiger partial charge in [0.1, 0.15) is 5.01 Å². The Morgan fingerprint density at radius 3 is 3.00 bits per heavy atom. The first-order valence-electron chi connectivity index (χ1n) is 5.92. The zero-order chi connectivity index (χ0) is 11.8. The van der Waals surface area contributed by atoms with Gasteiger partial charge in [0.2, 0.25) is 0 Å². The molecule has 0 amide bonds. The van der Waals surface area contributed by atoms with E-state index in [2.05, 4.69) is 16.0 Å². The minimum atomic E-state index is 0.120. The molecule has 2 heterocycles. The van der Waals surface area contributed by atoms with Gasteiger partial charge in [-0.05, 0) is 37.8 Å². The normalized spacial score (nSPS) is 19.1. The van der Waals surface area contributed by atoms with Crippen molar-refractivity contribution in [2.45, 2.75) is 32.2 Å². The first-order chi connectivity index (χ1) is 8.24. The topological polar surface area (TPSA) is 51.8 Å². The number of fused-ring (bicyclic) bond motifs is 1. The molecule has 88 valence electrons. The van der Waals surface area contributed by atoms with Crippen LogP contribution in [-0.4, -0.2) is 9.97 Å². The molecule has 0 saturated heterocycles. The second kappa shape index (κ2) is 4.20. The van der Waals surface area contributed by atoms with Crippen LogP contribution in [0.1, 0.15) is 35.0 Å². The van der Waals surface area contributed by atoms with E-state index >= 15 is 0 Å². The predicted molar refractivity (Wildman–Crippen MR) is 69.9 cm³/mol. The number of aryl methyl sites for hydroxylation is 2. The van der Waals surface area contributed by atoms with Gasteiger partial charge in [0.15, 0.2) is 0 Å². The maximum Gasteiger partial charge on any atom is 0.142 e. The summed E-state index contributed by atoms with van der Waals surface area (Å²) < 4.78 is 0. The van der Waals surface area contributed by atoms with E-state index in [1.165, 1.54) is 16.9 Å². The smallest absolute Gasteiger partial charge is 0.142 e. The molecule has 1 aliphatic rings. The van der Waals surface area contributed by atoms with Gasteiger partial charge in [-0.15, -0.1) is 11.3 Å². The van der Waals surface area contributed by atoms with Crippen molar-refractivity contribution in [3.05, 3.63) is 34.5 Å². The highest BCUT2D eigenvalue weighted by Crippen LogP contribution is 2.35. The van der Waals surface area contributed by atoms with Gasteiger partial charge in [-0.1, -0.05) is 6.07 Å². The first kappa shape index (κ1) is 10.9. The molecule has 2 aromatic rings. The van der Waals surface area contributed by atoms with Crippen LogP contribution in [0.15, 0.2) is 18.3 Å². The lowest BCUT2D eigenvalue weighted by Crippen LogP contribution is -2.16. The Balaban J connectivity index is 2.02. The summed E-state index contributed by atoms with van der Waals surface area (Å²) >= 11 is 1.74. The van der Waals surface area contributed by atoms with Crippen LogP contribution in [0, 0.1) is 6.92 Å². The summed E-state index contributed by atoms with van der Waals surface area (Å²) in [5.41, 5.74) is 9.31. The van der Waals surface area contributed by atoms with E-state index in [9.17, 15) is 0 Å².